The number of para-hydroxylation sites is 1. The van der Waals surface area contributed by atoms with Gasteiger partial charge in [-0.1, -0.05) is 24.3 Å². The monoisotopic (exact) mass is 494 g/mol. The Morgan fingerprint density at radius 1 is 0.944 bits per heavy atom. The highest BCUT2D eigenvalue weighted by Gasteiger charge is 2.45. The molecule has 1 amide bonds. The van der Waals surface area contributed by atoms with Crippen molar-refractivity contribution in [2.45, 2.75) is 18.8 Å². The van der Waals surface area contributed by atoms with Gasteiger partial charge in [-0.3, -0.25) is 4.79 Å². The predicted molar refractivity (Wildman–Crippen MR) is 126 cm³/mol. The fourth-order valence-corrected chi connectivity index (χ4v) is 5.14. The van der Waals surface area contributed by atoms with Crippen molar-refractivity contribution >= 4 is 11.9 Å². The predicted octanol–water partition coefficient (Wildman–Crippen LogP) is 3.85. The Kier molecular flexibility index (Phi) is 5.98. The summed E-state index contributed by atoms with van der Waals surface area (Å²) in [5.74, 6) is 0.602. The van der Waals surface area contributed by atoms with Crippen LogP contribution in [0.4, 0.5) is 14.7 Å². The van der Waals surface area contributed by atoms with Crippen LogP contribution in [0.1, 0.15) is 33.6 Å². The second-order valence-electron chi connectivity index (χ2n) is 8.82. The van der Waals surface area contributed by atoms with Crippen molar-refractivity contribution in [3.05, 3.63) is 71.5 Å². The Morgan fingerprint density at radius 3 is 2.50 bits per heavy atom. The maximum Gasteiger partial charge on any atom is 0.387 e. The molecule has 3 aliphatic heterocycles. The molecule has 2 aromatic carbocycles. The van der Waals surface area contributed by atoms with Crippen LogP contribution in [0, 0.1) is 0 Å². The number of carbonyl (C=O) groups excluding carboxylic acids is 1. The summed E-state index contributed by atoms with van der Waals surface area (Å²) in [6.45, 7) is 0.543. The lowest BCUT2D eigenvalue weighted by Crippen LogP contribution is -2.40. The van der Waals surface area contributed by atoms with Gasteiger partial charge in [0.05, 0.1) is 25.9 Å². The quantitative estimate of drug-likeness (QED) is 0.533. The molecule has 0 aliphatic carbocycles. The van der Waals surface area contributed by atoms with Gasteiger partial charge in [-0.25, -0.2) is 9.97 Å². The minimum absolute atomic E-state index is 0.0449. The van der Waals surface area contributed by atoms with Crippen molar-refractivity contribution in [3.63, 3.8) is 0 Å². The van der Waals surface area contributed by atoms with E-state index < -0.39 is 18.8 Å². The molecule has 1 aromatic heterocycles. The number of rotatable bonds is 5. The van der Waals surface area contributed by atoms with E-state index >= 15 is 0 Å². The third-order valence-corrected chi connectivity index (χ3v) is 6.82. The summed E-state index contributed by atoms with van der Waals surface area (Å²) in [7, 11) is 0. The molecule has 2 saturated heterocycles. The molecule has 8 nitrogen and oxygen atoms in total. The SMILES string of the molecule is O=C1c2ccc(-c3cnc(N4CCOCC4)nc3)cc2C2C(c3ccccc3OC(F)F)OCCN12. The fourth-order valence-electron chi connectivity index (χ4n) is 5.14. The molecule has 0 N–H and O–H groups in total. The molecule has 186 valence electrons. The van der Waals surface area contributed by atoms with Crippen LogP contribution in [0.5, 0.6) is 5.75 Å². The van der Waals surface area contributed by atoms with Crippen molar-refractivity contribution in [1.29, 1.82) is 0 Å². The standard InChI is InChI=1S/C26H24F2N4O4/c27-25(28)36-21-4-2-1-3-19(21)23-22-20-13-16(5-6-18(20)24(33)32(22)9-12-35-23)17-14-29-26(30-15-17)31-7-10-34-11-8-31/h1-6,13-15,22-23,25H,7-12H2. The van der Waals surface area contributed by atoms with Crippen LogP contribution >= 0.6 is 0 Å². The first-order valence-corrected chi connectivity index (χ1v) is 11.9. The van der Waals surface area contributed by atoms with Gasteiger partial charge in [-0.05, 0) is 29.3 Å². The minimum Gasteiger partial charge on any atom is -0.434 e. The lowest BCUT2D eigenvalue weighted by atomic mass is 9.91. The summed E-state index contributed by atoms with van der Waals surface area (Å²) < 4.78 is 42.4. The lowest BCUT2D eigenvalue weighted by molar-refractivity contribution is -0.0690. The molecule has 6 rings (SSSR count). The number of alkyl halides is 2. The Labute approximate surface area is 206 Å². The summed E-state index contributed by atoms with van der Waals surface area (Å²) >= 11 is 0. The lowest BCUT2D eigenvalue weighted by Gasteiger charge is -2.37. The maximum atomic E-state index is 13.2. The van der Waals surface area contributed by atoms with E-state index in [2.05, 4.69) is 14.9 Å². The number of carbonyl (C=O) groups is 1. The summed E-state index contributed by atoms with van der Waals surface area (Å²) in [5.41, 5.74) is 3.52. The van der Waals surface area contributed by atoms with Gasteiger partial charge in [-0.15, -0.1) is 0 Å². The van der Waals surface area contributed by atoms with E-state index in [1.54, 1.807) is 41.6 Å². The van der Waals surface area contributed by atoms with Gasteiger partial charge < -0.3 is 24.0 Å². The highest BCUT2D eigenvalue weighted by molar-refractivity contribution is 6.00. The number of ether oxygens (including phenoxy) is 3. The number of morpholine rings is 2. The van der Waals surface area contributed by atoms with Crippen LogP contribution in [0.2, 0.25) is 0 Å². The summed E-state index contributed by atoms with van der Waals surface area (Å²) in [5, 5.41) is 0. The van der Waals surface area contributed by atoms with Gasteiger partial charge in [0.15, 0.2) is 0 Å². The topological polar surface area (TPSA) is 77.0 Å². The smallest absolute Gasteiger partial charge is 0.387 e. The summed E-state index contributed by atoms with van der Waals surface area (Å²) in [4.78, 5) is 26.1. The zero-order valence-corrected chi connectivity index (χ0v) is 19.3. The number of aromatic nitrogens is 2. The average molecular weight is 494 g/mol. The minimum atomic E-state index is -2.96. The largest absolute Gasteiger partial charge is 0.434 e. The molecule has 10 heteroatoms. The third kappa shape index (κ3) is 4.06. The van der Waals surface area contributed by atoms with Crippen LogP contribution in [0.25, 0.3) is 11.1 Å². The molecule has 0 radical (unpaired) electrons. The number of nitrogens with zero attached hydrogens (tertiary/aromatic N) is 4. The molecule has 3 aromatic rings. The van der Waals surface area contributed by atoms with Crippen molar-refractivity contribution < 1.29 is 27.8 Å². The van der Waals surface area contributed by atoms with E-state index in [1.165, 1.54) is 6.07 Å². The molecule has 0 bridgehead atoms. The zero-order chi connectivity index (χ0) is 24.6. The van der Waals surface area contributed by atoms with Crippen LogP contribution in [0.3, 0.4) is 0 Å². The van der Waals surface area contributed by atoms with E-state index in [0.717, 1.165) is 29.8 Å². The summed E-state index contributed by atoms with van der Waals surface area (Å²) in [6, 6.07) is 11.7. The first-order chi connectivity index (χ1) is 17.6. The number of amides is 1. The maximum absolute atomic E-state index is 13.2. The van der Waals surface area contributed by atoms with Crippen molar-refractivity contribution in [2.24, 2.45) is 0 Å². The van der Waals surface area contributed by atoms with Crippen molar-refractivity contribution in [2.75, 3.05) is 44.4 Å². The number of anilines is 1. The number of hydrogen-bond acceptors (Lipinski definition) is 7. The van der Waals surface area contributed by atoms with E-state index in [-0.39, 0.29) is 11.7 Å². The Balaban J connectivity index is 1.35. The zero-order valence-electron chi connectivity index (χ0n) is 19.3. The number of fused-ring (bicyclic) bond motifs is 3. The second kappa shape index (κ2) is 9.44. The normalized spacial score (nSPS) is 21.5. The molecule has 3 aliphatic rings. The van der Waals surface area contributed by atoms with E-state index in [0.29, 0.717) is 43.4 Å². The number of hydrogen-bond donors (Lipinski definition) is 0. The van der Waals surface area contributed by atoms with Gasteiger partial charge in [0.1, 0.15) is 11.9 Å². The molecular weight excluding hydrogens is 470 g/mol. The highest BCUT2D eigenvalue weighted by atomic mass is 19.3. The van der Waals surface area contributed by atoms with Gasteiger partial charge in [0, 0.05) is 48.7 Å². The molecule has 4 heterocycles. The van der Waals surface area contributed by atoms with Crippen LogP contribution < -0.4 is 9.64 Å². The molecule has 2 atom stereocenters. The van der Waals surface area contributed by atoms with E-state index in [1.807, 2.05) is 12.1 Å². The van der Waals surface area contributed by atoms with Gasteiger partial charge in [0.2, 0.25) is 5.95 Å². The summed E-state index contributed by atoms with van der Waals surface area (Å²) in [6.07, 6.45) is 2.90. The van der Waals surface area contributed by atoms with Crippen LogP contribution in [-0.2, 0) is 9.47 Å². The first-order valence-electron chi connectivity index (χ1n) is 11.9. The van der Waals surface area contributed by atoms with E-state index in [9.17, 15) is 13.6 Å². The molecule has 0 saturated carbocycles. The Morgan fingerprint density at radius 2 is 1.72 bits per heavy atom. The second-order valence-corrected chi connectivity index (χ2v) is 8.82. The molecule has 0 spiro atoms. The van der Waals surface area contributed by atoms with Crippen molar-refractivity contribution in [3.8, 4) is 16.9 Å². The third-order valence-electron chi connectivity index (χ3n) is 6.82. The number of halogens is 2. The Bertz CT molecular complexity index is 1270. The molecule has 36 heavy (non-hydrogen) atoms. The highest BCUT2D eigenvalue weighted by Crippen LogP contribution is 2.48. The van der Waals surface area contributed by atoms with Gasteiger partial charge in [0.25, 0.3) is 5.91 Å². The van der Waals surface area contributed by atoms with E-state index in [4.69, 9.17) is 14.2 Å². The van der Waals surface area contributed by atoms with Crippen molar-refractivity contribution in [1.82, 2.24) is 14.9 Å². The Hall–Kier alpha value is -3.63. The molecule has 2 fully saturated rings. The average Bonchev–Trinajstić information content (AvgIpc) is 3.21. The fraction of sp³-hybridized carbons (Fsp3) is 0.346. The van der Waals surface area contributed by atoms with Crippen LogP contribution in [0.15, 0.2) is 54.9 Å². The number of benzene rings is 2. The van der Waals surface area contributed by atoms with Gasteiger partial charge >= 0.3 is 6.61 Å². The van der Waals surface area contributed by atoms with Crippen LogP contribution in [-0.4, -0.2) is 66.8 Å². The molecule has 2 unspecified atom stereocenters. The van der Waals surface area contributed by atoms with Gasteiger partial charge in [-0.2, -0.15) is 8.78 Å². The molecular formula is C26H24F2N4O4. The first kappa shape index (κ1) is 22.8.